The van der Waals surface area contributed by atoms with Crippen LogP contribution < -0.4 is 10.6 Å². The molecule has 112 valence electrons. The van der Waals surface area contributed by atoms with Gasteiger partial charge in [0.25, 0.3) is 0 Å². The predicted molar refractivity (Wildman–Crippen MR) is 73.2 cm³/mol. The average Bonchev–Trinajstić information content (AvgIpc) is 2.33. The molecule has 0 aliphatic carbocycles. The van der Waals surface area contributed by atoms with Gasteiger partial charge in [-0.1, -0.05) is 12.8 Å². The van der Waals surface area contributed by atoms with Crippen molar-refractivity contribution >= 4 is 12.0 Å². The number of carbonyl (C=O) groups is 2. The minimum absolute atomic E-state index is 0.177. The lowest BCUT2D eigenvalue weighted by atomic mass is 10.1. The van der Waals surface area contributed by atoms with Gasteiger partial charge in [-0.25, -0.2) is 4.79 Å². The summed E-state index contributed by atoms with van der Waals surface area (Å²) in [5.41, 5.74) is 0. The molecule has 0 saturated carbocycles. The number of carboxylic acids is 1. The van der Waals surface area contributed by atoms with Gasteiger partial charge in [-0.2, -0.15) is 0 Å². The molecule has 0 aromatic heterocycles. The third-order valence-electron chi connectivity index (χ3n) is 2.44. The number of rotatable bonds is 11. The van der Waals surface area contributed by atoms with E-state index in [1.807, 2.05) is 13.8 Å². The van der Waals surface area contributed by atoms with Crippen LogP contribution in [0.2, 0.25) is 0 Å². The van der Waals surface area contributed by atoms with Gasteiger partial charge in [-0.15, -0.1) is 0 Å². The monoisotopic (exact) mass is 274 g/mol. The van der Waals surface area contributed by atoms with E-state index >= 15 is 0 Å². The normalized spacial score (nSPS) is 10.5. The third-order valence-corrected chi connectivity index (χ3v) is 2.44. The second-order valence-corrected chi connectivity index (χ2v) is 4.66. The van der Waals surface area contributed by atoms with Crippen molar-refractivity contribution in [1.82, 2.24) is 10.6 Å². The van der Waals surface area contributed by atoms with Gasteiger partial charge in [0.15, 0.2) is 0 Å². The molecule has 0 atom stereocenters. The number of urea groups is 1. The number of carboxylic acid groups (broad SMARTS) is 1. The topological polar surface area (TPSA) is 87.7 Å². The van der Waals surface area contributed by atoms with Crippen LogP contribution >= 0.6 is 0 Å². The quantitative estimate of drug-likeness (QED) is 0.501. The molecule has 0 aliphatic rings. The molecule has 19 heavy (non-hydrogen) atoms. The molecule has 0 spiro atoms. The first kappa shape index (κ1) is 17.7. The van der Waals surface area contributed by atoms with Gasteiger partial charge in [0, 0.05) is 19.5 Å². The van der Waals surface area contributed by atoms with Crippen LogP contribution in [0, 0.1) is 0 Å². The fourth-order valence-corrected chi connectivity index (χ4v) is 1.48. The lowest BCUT2D eigenvalue weighted by Gasteiger charge is -2.09. The second kappa shape index (κ2) is 11.8. The molecule has 0 radical (unpaired) electrons. The number of amides is 2. The Labute approximate surface area is 114 Å². The summed E-state index contributed by atoms with van der Waals surface area (Å²) in [5, 5.41) is 13.9. The first-order valence-corrected chi connectivity index (χ1v) is 6.87. The van der Waals surface area contributed by atoms with Crippen LogP contribution in [0.3, 0.4) is 0 Å². The zero-order valence-corrected chi connectivity index (χ0v) is 11.9. The molecule has 6 nitrogen and oxygen atoms in total. The van der Waals surface area contributed by atoms with Gasteiger partial charge < -0.3 is 20.5 Å². The van der Waals surface area contributed by atoms with E-state index in [2.05, 4.69) is 10.6 Å². The Bertz CT molecular complexity index is 257. The molecular weight excluding hydrogens is 248 g/mol. The number of nitrogens with one attached hydrogen (secondary N) is 2. The molecule has 0 fully saturated rings. The van der Waals surface area contributed by atoms with E-state index in [1.54, 1.807) is 0 Å². The average molecular weight is 274 g/mol. The maximum Gasteiger partial charge on any atom is 0.314 e. The minimum atomic E-state index is -0.749. The Morgan fingerprint density at radius 2 is 1.68 bits per heavy atom. The third kappa shape index (κ3) is 14.6. The maximum atomic E-state index is 11.3. The van der Waals surface area contributed by atoms with Crippen molar-refractivity contribution in [3.63, 3.8) is 0 Å². The summed E-state index contributed by atoms with van der Waals surface area (Å²) < 4.78 is 5.29. The maximum absolute atomic E-state index is 11.3. The van der Waals surface area contributed by atoms with Gasteiger partial charge in [0.1, 0.15) is 0 Å². The van der Waals surface area contributed by atoms with Crippen molar-refractivity contribution in [3.8, 4) is 0 Å². The number of aliphatic carboxylic acids is 1. The van der Waals surface area contributed by atoms with Crippen LogP contribution in [0.1, 0.15) is 46.0 Å². The molecule has 3 N–H and O–H groups in total. The first-order valence-electron chi connectivity index (χ1n) is 6.87. The molecule has 0 aromatic carbocycles. The summed E-state index contributed by atoms with van der Waals surface area (Å²) in [5.74, 6) is -0.749. The van der Waals surface area contributed by atoms with Crippen LogP contribution in [0.4, 0.5) is 4.79 Å². The van der Waals surface area contributed by atoms with Crippen molar-refractivity contribution in [2.24, 2.45) is 0 Å². The van der Waals surface area contributed by atoms with Crippen LogP contribution in [-0.2, 0) is 9.53 Å². The van der Waals surface area contributed by atoms with Crippen molar-refractivity contribution < 1.29 is 19.4 Å². The zero-order chi connectivity index (χ0) is 14.5. The van der Waals surface area contributed by atoms with E-state index in [-0.39, 0.29) is 18.6 Å². The predicted octanol–water partition coefficient (Wildman–Crippen LogP) is 1.75. The van der Waals surface area contributed by atoms with E-state index in [0.29, 0.717) is 26.1 Å². The van der Waals surface area contributed by atoms with Gasteiger partial charge >= 0.3 is 12.0 Å². The van der Waals surface area contributed by atoms with Crippen LogP contribution in [0.15, 0.2) is 0 Å². The van der Waals surface area contributed by atoms with Gasteiger partial charge in [-0.05, 0) is 26.7 Å². The lowest BCUT2D eigenvalue weighted by Crippen LogP contribution is -2.38. The fourth-order valence-electron chi connectivity index (χ4n) is 1.48. The number of carbonyl (C=O) groups excluding carboxylic acids is 1. The molecule has 0 rings (SSSR count). The van der Waals surface area contributed by atoms with E-state index in [1.165, 1.54) is 0 Å². The largest absolute Gasteiger partial charge is 0.481 e. The number of hydrogen-bond donors (Lipinski definition) is 3. The lowest BCUT2D eigenvalue weighted by molar-refractivity contribution is -0.137. The zero-order valence-electron chi connectivity index (χ0n) is 11.9. The van der Waals surface area contributed by atoms with Crippen molar-refractivity contribution in [2.75, 3.05) is 19.7 Å². The Hall–Kier alpha value is -1.30. The summed E-state index contributed by atoms with van der Waals surface area (Å²) >= 11 is 0. The molecule has 0 unspecified atom stereocenters. The summed E-state index contributed by atoms with van der Waals surface area (Å²) in [7, 11) is 0. The van der Waals surface area contributed by atoms with Crippen molar-refractivity contribution in [2.45, 2.75) is 52.1 Å². The molecule has 2 amide bonds. The summed E-state index contributed by atoms with van der Waals surface area (Å²) in [6, 6.07) is -0.183. The molecule has 0 saturated heterocycles. The highest BCUT2D eigenvalue weighted by molar-refractivity contribution is 5.73. The van der Waals surface area contributed by atoms with Gasteiger partial charge in [0.2, 0.25) is 0 Å². The molecule has 0 aromatic rings. The fraction of sp³-hybridized carbons (Fsp3) is 0.846. The van der Waals surface area contributed by atoms with Crippen LogP contribution in [0.25, 0.3) is 0 Å². The summed E-state index contributed by atoms with van der Waals surface area (Å²) in [4.78, 5) is 21.6. The Kier molecular flexibility index (Phi) is 11.0. The standard InChI is InChI=1S/C13H26N2O4/c1-11(2)19-10-9-15-13(18)14-8-6-4-3-5-7-12(16)17/h11H,3-10H2,1-2H3,(H,16,17)(H2,14,15,18). The van der Waals surface area contributed by atoms with E-state index in [0.717, 1.165) is 19.3 Å². The van der Waals surface area contributed by atoms with Gasteiger partial charge in [-0.3, -0.25) is 4.79 Å². The SMILES string of the molecule is CC(C)OCCNC(=O)NCCCCCCC(=O)O. The number of hydrogen-bond acceptors (Lipinski definition) is 3. The Morgan fingerprint density at radius 1 is 1.05 bits per heavy atom. The molecule has 0 bridgehead atoms. The van der Waals surface area contributed by atoms with Crippen molar-refractivity contribution in [1.29, 1.82) is 0 Å². The summed E-state index contributed by atoms with van der Waals surface area (Å²) in [6.07, 6.45) is 3.80. The van der Waals surface area contributed by atoms with E-state index < -0.39 is 5.97 Å². The molecule has 0 aliphatic heterocycles. The van der Waals surface area contributed by atoms with Crippen LogP contribution in [-0.4, -0.2) is 42.9 Å². The Balaban J connectivity index is 3.22. The van der Waals surface area contributed by atoms with Crippen molar-refractivity contribution in [3.05, 3.63) is 0 Å². The van der Waals surface area contributed by atoms with Crippen LogP contribution in [0.5, 0.6) is 0 Å². The Morgan fingerprint density at radius 3 is 2.32 bits per heavy atom. The highest BCUT2D eigenvalue weighted by atomic mass is 16.5. The molecular formula is C13H26N2O4. The summed E-state index contributed by atoms with van der Waals surface area (Å²) in [6.45, 7) is 5.53. The van der Waals surface area contributed by atoms with Gasteiger partial charge in [0.05, 0.1) is 12.7 Å². The molecule has 6 heteroatoms. The van der Waals surface area contributed by atoms with E-state index in [9.17, 15) is 9.59 Å². The highest BCUT2D eigenvalue weighted by Gasteiger charge is 2.00. The molecule has 0 heterocycles. The number of ether oxygens (including phenoxy) is 1. The smallest absolute Gasteiger partial charge is 0.314 e. The highest BCUT2D eigenvalue weighted by Crippen LogP contribution is 2.01. The minimum Gasteiger partial charge on any atom is -0.481 e. The van der Waals surface area contributed by atoms with E-state index in [4.69, 9.17) is 9.84 Å². The second-order valence-electron chi connectivity index (χ2n) is 4.66. The first-order chi connectivity index (χ1) is 9.02. The number of unbranched alkanes of at least 4 members (excludes halogenated alkanes) is 3.